The summed E-state index contributed by atoms with van der Waals surface area (Å²) in [6.07, 6.45) is -1.04. The van der Waals surface area contributed by atoms with E-state index in [4.69, 9.17) is 9.84 Å². The lowest BCUT2D eigenvalue weighted by atomic mass is 9.79. The Morgan fingerprint density at radius 3 is 2.19 bits per heavy atom. The van der Waals surface area contributed by atoms with Crippen molar-refractivity contribution in [2.75, 3.05) is 13.2 Å². The minimum atomic E-state index is -1.49. The Balaban J connectivity index is 1.21. The number of carbonyl (C=O) groups is 3. The summed E-state index contributed by atoms with van der Waals surface area (Å²) in [5, 5.41) is 23.3. The molecule has 0 saturated heterocycles. The lowest BCUT2D eigenvalue weighted by Gasteiger charge is -2.34. The second-order valence-corrected chi connectivity index (χ2v) is 8.27. The summed E-state index contributed by atoms with van der Waals surface area (Å²) < 4.78 is 5.52. The maximum atomic E-state index is 12.3. The molecule has 4 N–H and O–H groups in total. The van der Waals surface area contributed by atoms with Gasteiger partial charge in [-0.15, -0.1) is 0 Å². The molecule has 4 rings (SSSR count). The van der Waals surface area contributed by atoms with Gasteiger partial charge in [-0.05, 0) is 35.1 Å². The monoisotopic (exact) mass is 438 g/mol. The first-order valence-electron chi connectivity index (χ1n) is 10.7. The van der Waals surface area contributed by atoms with Gasteiger partial charge in [0.2, 0.25) is 5.91 Å². The minimum Gasteiger partial charge on any atom is -0.479 e. The standard InChI is InChI=1S/C24H26N2O6/c27-21(23(29)30)9-10-25-22(28)14-11-15(12-14)26-24(31)32-13-20-18-7-3-1-5-16(18)17-6-2-4-8-19(17)20/h1-8,14-15,20-21,27H,9-13H2,(H,25,28)(H,26,31)(H,29,30)/t14?,15?,21-/m0/s1. The lowest BCUT2D eigenvalue weighted by Crippen LogP contribution is -2.50. The highest BCUT2D eigenvalue weighted by Crippen LogP contribution is 2.44. The zero-order chi connectivity index (χ0) is 22.7. The summed E-state index contributed by atoms with van der Waals surface area (Å²) >= 11 is 0. The largest absolute Gasteiger partial charge is 0.479 e. The molecule has 168 valence electrons. The Kier molecular flexibility index (Phi) is 6.41. The van der Waals surface area contributed by atoms with Crippen LogP contribution in [0, 0.1) is 5.92 Å². The van der Waals surface area contributed by atoms with Crippen LogP contribution in [0.25, 0.3) is 11.1 Å². The van der Waals surface area contributed by atoms with Crippen LogP contribution >= 0.6 is 0 Å². The van der Waals surface area contributed by atoms with Crippen molar-refractivity contribution in [1.29, 1.82) is 0 Å². The fraction of sp³-hybridized carbons (Fsp3) is 0.375. The van der Waals surface area contributed by atoms with Gasteiger partial charge in [0, 0.05) is 30.8 Å². The van der Waals surface area contributed by atoms with Crippen LogP contribution in [0.15, 0.2) is 48.5 Å². The molecule has 1 atom stereocenters. The van der Waals surface area contributed by atoms with Crippen molar-refractivity contribution in [3.05, 3.63) is 59.7 Å². The van der Waals surface area contributed by atoms with Gasteiger partial charge in [-0.25, -0.2) is 9.59 Å². The second-order valence-electron chi connectivity index (χ2n) is 8.27. The van der Waals surface area contributed by atoms with E-state index >= 15 is 0 Å². The number of ether oxygens (including phenoxy) is 1. The average Bonchev–Trinajstić information content (AvgIpc) is 3.08. The predicted molar refractivity (Wildman–Crippen MR) is 116 cm³/mol. The Morgan fingerprint density at radius 1 is 1.00 bits per heavy atom. The number of aliphatic hydroxyl groups excluding tert-OH is 1. The van der Waals surface area contributed by atoms with Gasteiger partial charge in [-0.2, -0.15) is 0 Å². The first kappa shape index (κ1) is 21.8. The van der Waals surface area contributed by atoms with Gasteiger partial charge >= 0.3 is 12.1 Å². The molecule has 2 aliphatic carbocycles. The van der Waals surface area contributed by atoms with Gasteiger partial charge in [-0.1, -0.05) is 48.5 Å². The summed E-state index contributed by atoms with van der Waals surface area (Å²) in [7, 11) is 0. The number of amides is 2. The second kappa shape index (κ2) is 9.40. The fourth-order valence-corrected chi connectivity index (χ4v) is 4.36. The van der Waals surface area contributed by atoms with E-state index < -0.39 is 18.2 Å². The number of aliphatic carboxylic acids is 1. The van der Waals surface area contributed by atoms with Crippen LogP contribution in [0.5, 0.6) is 0 Å². The van der Waals surface area contributed by atoms with E-state index in [0.29, 0.717) is 12.8 Å². The quantitative estimate of drug-likeness (QED) is 0.501. The first-order valence-corrected chi connectivity index (χ1v) is 10.7. The first-order chi connectivity index (χ1) is 15.4. The molecule has 0 heterocycles. The van der Waals surface area contributed by atoms with Crippen LogP contribution < -0.4 is 10.6 Å². The van der Waals surface area contributed by atoms with Crippen molar-refractivity contribution >= 4 is 18.0 Å². The zero-order valence-electron chi connectivity index (χ0n) is 17.5. The molecule has 0 bridgehead atoms. The molecule has 2 aromatic rings. The molecule has 0 spiro atoms. The van der Waals surface area contributed by atoms with Crippen molar-refractivity contribution in [1.82, 2.24) is 10.6 Å². The Bertz CT molecular complexity index is 972. The molecule has 2 amide bonds. The summed E-state index contributed by atoms with van der Waals surface area (Å²) in [4.78, 5) is 34.9. The summed E-state index contributed by atoms with van der Waals surface area (Å²) in [5.74, 6) is -1.76. The summed E-state index contributed by atoms with van der Waals surface area (Å²) in [5.41, 5.74) is 4.63. The zero-order valence-corrected chi connectivity index (χ0v) is 17.5. The lowest BCUT2D eigenvalue weighted by molar-refractivity contribution is -0.147. The Morgan fingerprint density at radius 2 is 1.59 bits per heavy atom. The maximum absolute atomic E-state index is 12.3. The average molecular weight is 438 g/mol. The molecular formula is C24H26N2O6. The molecule has 0 radical (unpaired) electrons. The van der Waals surface area contributed by atoms with Crippen molar-refractivity contribution in [2.24, 2.45) is 5.92 Å². The van der Waals surface area contributed by atoms with E-state index in [1.54, 1.807) is 0 Å². The molecule has 8 heteroatoms. The van der Waals surface area contributed by atoms with Crippen molar-refractivity contribution < 1.29 is 29.3 Å². The third-order valence-electron chi connectivity index (χ3n) is 6.18. The number of fused-ring (bicyclic) bond motifs is 3. The number of carboxylic acid groups (broad SMARTS) is 1. The number of benzene rings is 2. The van der Waals surface area contributed by atoms with Gasteiger partial charge in [0.15, 0.2) is 6.10 Å². The number of alkyl carbamates (subject to hydrolysis) is 1. The van der Waals surface area contributed by atoms with Crippen LogP contribution in [0.2, 0.25) is 0 Å². The number of carbonyl (C=O) groups excluding carboxylic acids is 2. The van der Waals surface area contributed by atoms with E-state index in [1.165, 1.54) is 11.1 Å². The number of aliphatic hydroxyl groups is 1. The maximum Gasteiger partial charge on any atom is 0.407 e. The third kappa shape index (κ3) is 4.60. The number of carboxylic acids is 1. The third-order valence-corrected chi connectivity index (χ3v) is 6.18. The number of rotatable bonds is 8. The van der Waals surface area contributed by atoms with Crippen LogP contribution in [-0.2, 0) is 14.3 Å². The molecule has 0 aliphatic heterocycles. The summed E-state index contributed by atoms with van der Waals surface area (Å²) in [6.45, 7) is 0.329. The fourth-order valence-electron chi connectivity index (χ4n) is 4.36. The Hall–Kier alpha value is -3.39. The van der Waals surface area contributed by atoms with Gasteiger partial charge in [0.05, 0.1) is 0 Å². The number of hydrogen-bond donors (Lipinski definition) is 4. The Labute approximate surface area is 185 Å². The van der Waals surface area contributed by atoms with E-state index in [-0.39, 0.29) is 43.4 Å². The smallest absolute Gasteiger partial charge is 0.407 e. The SMILES string of the molecule is O=C(NC1CC(C(=O)NCC[C@H](O)C(=O)O)C1)OCC1c2ccccc2-c2ccccc21. The van der Waals surface area contributed by atoms with E-state index in [9.17, 15) is 19.5 Å². The van der Waals surface area contributed by atoms with Gasteiger partial charge in [0.1, 0.15) is 6.61 Å². The van der Waals surface area contributed by atoms with E-state index in [2.05, 4.69) is 34.9 Å². The van der Waals surface area contributed by atoms with Crippen molar-refractivity contribution in [2.45, 2.75) is 37.3 Å². The van der Waals surface area contributed by atoms with Crippen LogP contribution in [0.3, 0.4) is 0 Å². The highest BCUT2D eigenvalue weighted by atomic mass is 16.5. The van der Waals surface area contributed by atoms with Crippen molar-refractivity contribution in [3.8, 4) is 11.1 Å². The number of nitrogens with one attached hydrogen (secondary N) is 2. The van der Waals surface area contributed by atoms with Crippen molar-refractivity contribution in [3.63, 3.8) is 0 Å². The highest BCUT2D eigenvalue weighted by molar-refractivity contribution is 5.81. The van der Waals surface area contributed by atoms with Crippen LogP contribution in [0.1, 0.15) is 36.3 Å². The van der Waals surface area contributed by atoms with E-state index in [1.807, 2.05) is 24.3 Å². The highest BCUT2D eigenvalue weighted by Gasteiger charge is 2.36. The molecule has 32 heavy (non-hydrogen) atoms. The molecule has 2 aromatic carbocycles. The topological polar surface area (TPSA) is 125 Å². The molecule has 0 aromatic heterocycles. The van der Waals surface area contributed by atoms with Gasteiger partial charge < -0.3 is 25.6 Å². The van der Waals surface area contributed by atoms with Gasteiger partial charge in [0.25, 0.3) is 0 Å². The molecule has 1 saturated carbocycles. The number of hydrogen-bond acceptors (Lipinski definition) is 5. The predicted octanol–water partition coefficient (Wildman–Crippen LogP) is 2.26. The van der Waals surface area contributed by atoms with Gasteiger partial charge in [-0.3, -0.25) is 4.79 Å². The van der Waals surface area contributed by atoms with Crippen LogP contribution in [0.4, 0.5) is 4.79 Å². The molecule has 0 unspecified atom stereocenters. The normalized spacial score (nSPS) is 19.8. The minimum absolute atomic E-state index is 0.00535. The summed E-state index contributed by atoms with van der Waals surface area (Å²) in [6, 6.07) is 16.1. The molecular weight excluding hydrogens is 412 g/mol. The molecule has 2 aliphatic rings. The molecule has 1 fully saturated rings. The van der Waals surface area contributed by atoms with E-state index in [0.717, 1.165) is 11.1 Å². The van der Waals surface area contributed by atoms with Crippen LogP contribution in [-0.4, -0.2) is 53.5 Å². The molecule has 8 nitrogen and oxygen atoms in total.